The lowest BCUT2D eigenvalue weighted by molar-refractivity contribution is 0.447. The van der Waals surface area contributed by atoms with Crippen LogP contribution in [0.15, 0.2) is 29.3 Å². The summed E-state index contributed by atoms with van der Waals surface area (Å²) >= 11 is 0. The Morgan fingerprint density at radius 3 is 2.71 bits per heavy atom. The van der Waals surface area contributed by atoms with Gasteiger partial charge in [-0.15, -0.1) is 0 Å². The number of hydrogen-bond donors (Lipinski definition) is 2. The summed E-state index contributed by atoms with van der Waals surface area (Å²) in [6, 6.07) is 3.15. The molecule has 130 valence electrons. The molecule has 6 nitrogen and oxygen atoms in total. The normalized spacial score (nSPS) is 16.3. The highest BCUT2D eigenvalue weighted by Crippen LogP contribution is 2.42. The Kier molecular flexibility index (Phi) is 4.41. The third-order valence-electron chi connectivity index (χ3n) is 4.05. The van der Waals surface area contributed by atoms with Gasteiger partial charge < -0.3 is 5.32 Å². The van der Waals surface area contributed by atoms with E-state index in [-0.39, 0.29) is 29.1 Å². The summed E-state index contributed by atoms with van der Waals surface area (Å²) < 4.78 is 51.8. The van der Waals surface area contributed by atoms with Gasteiger partial charge in [-0.2, -0.15) is 5.10 Å². The second-order valence-electron chi connectivity index (χ2n) is 6.02. The highest BCUT2D eigenvalue weighted by molar-refractivity contribution is 7.89. The van der Waals surface area contributed by atoms with Crippen LogP contribution in [0.2, 0.25) is 0 Å². The van der Waals surface area contributed by atoms with E-state index in [1.165, 1.54) is 23.0 Å². The molecule has 0 bridgehead atoms. The van der Waals surface area contributed by atoms with E-state index in [1.54, 1.807) is 7.05 Å². The molecule has 2 aromatic rings. The average molecular weight is 356 g/mol. The molecule has 1 aliphatic rings. The van der Waals surface area contributed by atoms with E-state index in [9.17, 15) is 17.2 Å². The molecule has 0 amide bonds. The van der Waals surface area contributed by atoms with Crippen molar-refractivity contribution in [2.75, 3.05) is 0 Å². The maximum Gasteiger partial charge on any atom is 0.241 e. The molecule has 0 saturated heterocycles. The molecule has 3 rings (SSSR count). The third-order valence-corrected chi connectivity index (χ3v) is 5.01. The molecule has 1 atom stereocenters. The second kappa shape index (κ2) is 6.23. The lowest BCUT2D eigenvalue weighted by atomic mass is 10.0. The summed E-state index contributed by atoms with van der Waals surface area (Å²) in [7, 11) is -2.30. The minimum atomic E-state index is -3.89. The van der Waals surface area contributed by atoms with E-state index < -0.39 is 21.7 Å². The molecule has 0 spiro atoms. The van der Waals surface area contributed by atoms with Crippen LogP contribution in [0.5, 0.6) is 0 Å². The van der Waals surface area contributed by atoms with Gasteiger partial charge in [-0.1, -0.05) is 6.07 Å². The minimum absolute atomic E-state index is 0.0633. The van der Waals surface area contributed by atoms with Gasteiger partial charge in [0, 0.05) is 37.5 Å². The van der Waals surface area contributed by atoms with Crippen molar-refractivity contribution in [2.24, 2.45) is 18.1 Å². The highest BCUT2D eigenvalue weighted by Gasteiger charge is 2.34. The number of nitrogens with one attached hydrogen (secondary N) is 1. The zero-order valence-corrected chi connectivity index (χ0v) is 13.9. The van der Waals surface area contributed by atoms with Gasteiger partial charge in [-0.05, 0) is 24.8 Å². The number of aromatic nitrogens is 2. The van der Waals surface area contributed by atoms with Crippen LogP contribution in [0, 0.1) is 17.6 Å². The van der Waals surface area contributed by atoms with Crippen LogP contribution in [-0.4, -0.2) is 18.2 Å². The van der Waals surface area contributed by atoms with Crippen molar-refractivity contribution in [3.8, 4) is 0 Å². The SMILES string of the molecule is Cn1cc(S(N)(=O)=O)c(CNC(c2ccc(F)cc2F)C2CC2)n1. The van der Waals surface area contributed by atoms with E-state index in [1.807, 2.05) is 0 Å². The molecule has 0 radical (unpaired) electrons. The van der Waals surface area contributed by atoms with Gasteiger partial charge in [0.1, 0.15) is 16.5 Å². The summed E-state index contributed by atoms with van der Waals surface area (Å²) in [6.45, 7) is 0.116. The van der Waals surface area contributed by atoms with Crippen molar-refractivity contribution in [3.05, 3.63) is 47.3 Å². The first-order valence-electron chi connectivity index (χ1n) is 7.49. The molecule has 1 aromatic carbocycles. The smallest absolute Gasteiger partial charge is 0.241 e. The molecular weight excluding hydrogens is 338 g/mol. The number of primary sulfonamides is 1. The molecule has 9 heteroatoms. The fourth-order valence-electron chi connectivity index (χ4n) is 2.79. The van der Waals surface area contributed by atoms with Gasteiger partial charge in [-0.25, -0.2) is 22.3 Å². The number of sulfonamides is 1. The Morgan fingerprint density at radius 1 is 1.42 bits per heavy atom. The Morgan fingerprint density at radius 2 is 2.12 bits per heavy atom. The summed E-state index contributed by atoms with van der Waals surface area (Å²) in [5.74, 6) is -1.02. The first kappa shape index (κ1) is 17.0. The van der Waals surface area contributed by atoms with Crippen molar-refractivity contribution in [1.82, 2.24) is 15.1 Å². The predicted octanol–water partition coefficient (Wildman–Crippen LogP) is 1.59. The van der Waals surface area contributed by atoms with Gasteiger partial charge in [0.05, 0.1) is 5.69 Å². The van der Waals surface area contributed by atoms with Gasteiger partial charge >= 0.3 is 0 Å². The Labute approximate surface area is 138 Å². The molecule has 1 aromatic heterocycles. The largest absolute Gasteiger partial charge is 0.304 e. The monoisotopic (exact) mass is 356 g/mol. The number of halogens is 2. The zero-order valence-electron chi connectivity index (χ0n) is 13.0. The summed E-state index contributed by atoms with van der Waals surface area (Å²) in [4.78, 5) is -0.0633. The molecule has 1 saturated carbocycles. The Bertz CT molecular complexity index is 862. The molecule has 1 aliphatic carbocycles. The molecule has 1 heterocycles. The maximum absolute atomic E-state index is 14.1. The maximum atomic E-state index is 14.1. The van der Waals surface area contributed by atoms with Crippen LogP contribution in [0.1, 0.15) is 30.1 Å². The van der Waals surface area contributed by atoms with Crippen molar-refractivity contribution in [3.63, 3.8) is 0 Å². The molecular formula is C15H18F2N4O2S. The van der Waals surface area contributed by atoms with E-state index >= 15 is 0 Å². The number of rotatable bonds is 6. The van der Waals surface area contributed by atoms with Crippen LogP contribution in [0.25, 0.3) is 0 Å². The van der Waals surface area contributed by atoms with E-state index in [2.05, 4.69) is 10.4 Å². The van der Waals surface area contributed by atoms with Gasteiger partial charge in [-0.3, -0.25) is 4.68 Å². The fraction of sp³-hybridized carbons (Fsp3) is 0.400. The number of nitrogens with zero attached hydrogens (tertiary/aromatic N) is 2. The number of benzene rings is 1. The topological polar surface area (TPSA) is 90.0 Å². The van der Waals surface area contributed by atoms with Gasteiger partial charge in [0.15, 0.2) is 0 Å². The van der Waals surface area contributed by atoms with E-state index in [4.69, 9.17) is 5.14 Å². The van der Waals surface area contributed by atoms with Crippen molar-refractivity contribution < 1.29 is 17.2 Å². The molecule has 1 unspecified atom stereocenters. The lowest BCUT2D eigenvalue weighted by Gasteiger charge is -2.19. The van der Waals surface area contributed by atoms with Crippen molar-refractivity contribution in [1.29, 1.82) is 0 Å². The highest BCUT2D eigenvalue weighted by atomic mass is 32.2. The first-order chi connectivity index (χ1) is 11.3. The fourth-order valence-corrected chi connectivity index (χ4v) is 3.53. The van der Waals surface area contributed by atoms with Crippen LogP contribution in [-0.2, 0) is 23.6 Å². The average Bonchev–Trinajstić information content (AvgIpc) is 3.23. The van der Waals surface area contributed by atoms with Crippen LogP contribution in [0.4, 0.5) is 8.78 Å². The van der Waals surface area contributed by atoms with Gasteiger partial charge in [0.2, 0.25) is 10.0 Å². The summed E-state index contributed by atoms with van der Waals surface area (Å²) in [5, 5.41) is 12.4. The number of hydrogen-bond acceptors (Lipinski definition) is 4. The predicted molar refractivity (Wildman–Crippen MR) is 83.2 cm³/mol. The number of aryl methyl sites for hydroxylation is 1. The van der Waals surface area contributed by atoms with Crippen molar-refractivity contribution in [2.45, 2.75) is 30.3 Å². The quantitative estimate of drug-likeness (QED) is 0.822. The van der Waals surface area contributed by atoms with Crippen molar-refractivity contribution >= 4 is 10.0 Å². The Hall–Kier alpha value is -1.84. The van der Waals surface area contributed by atoms with Gasteiger partial charge in [0.25, 0.3) is 0 Å². The first-order valence-corrected chi connectivity index (χ1v) is 9.04. The molecule has 1 fully saturated rings. The summed E-state index contributed by atoms with van der Waals surface area (Å²) in [5.41, 5.74) is 0.639. The van der Waals surface area contributed by atoms with Crippen LogP contribution < -0.4 is 10.5 Å². The minimum Gasteiger partial charge on any atom is -0.304 e. The number of nitrogens with two attached hydrogens (primary N) is 1. The third kappa shape index (κ3) is 3.63. The molecule has 3 N–H and O–H groups in total. The second-order valence-corrected chi connectivity index (χ2v) is 7.55. The lowest BCUT2D eigenvalue weighted by Crippen LogP contribution is -2.25. The van der Waals surface area contributed by atoms with E-state index in [0.717, 1.165) is 18.9 Å². The standard InChI is InChI=1S/C15H18F2N4O2S/c1-21-8-14(24(18,22)23)13(20-21)7-19-15(9-2-3-9)11-5-4-10(16)6-12(11)17/h4-6,8-9,15,19H,2-3,7H2,1H3,(H2,18,22,23). The molecule has 0 aliphatic heterocycles. The molecule has 24 heavy (non-hydrogen) atoms. The van der Waals surface area contributed by atoms with E-state index in [0.29, 0.717) is 5.56 Å². The summed E-state index contributed by atoms with van der Waals surface area (Å²) in [6.07, 6.45) is 3.19. The van der Waals surface area contributed by atoms with Crippen LogP contribution >= 0.6 is 0 Å². The zero-order chi connectivity index (χ0) is 17.5. The Balaban J connectivity index is 1.84. The van der Waals surface area contributed by atoms with Crippen LogP contribution in [0.3, 0.4) is 0 Å².